The minimum atomic E-state index is -0.473. The minimum absolute atomic E-state index is 0.225. The average Bonchev–Trinajstić information content (AvgIpc) is 2.84. The number of hydrogen-bond acceptors (Lipinski definition) is 6. The molecule has 0 heterocycles. The van der Waals surface area contributed by atoms with Gasteiger partial charge in [-0.2, -0.15) is 5.10 Å². The van der Waals surface area contributed by atoms with Crippen molar-refractivity contribution in [2.45, 2.75) is 13.8 Å². The first-order chi connectivity index (χ1) is 16.4. The number of benzene rings is 3. The molecule has 0 saturated carbocycles. The van der Waals surface area contributed by atoms with E-state index in [-0.39, 0.29) is 12.5 Å². The number of carbonyl (C=O) groups is 3. The molecule has 3 rings (SSSR count). The van der Waals surface area contributed by atoms with Crippen LogP contribution >= 0.6 is 0 Å². The zero-order valence-electron chi connectivity index (χ0n) is 18.9. The molecule has 0 aliphatic carbocycles. The van der Waals surface area contributed by atoms with Gasteiger partial charge in [0.1, 0.15) is 11.5 Å². The summed E-state index contributed by atoms with van der Waals surface area (Å²) in [5.74, 6) is -0.227. The highest BCUT2D eigenvalue weighted by Gasteiger charge is 2.09. The maximum Gasteiger partial charge on any atom is 0.343 e. The van der Waals surface area contributed by atoms with Crippen LogP contribution in [0.25, 0.3) is 0 Å². The van der Waals surface area contributed by atoms with Gasteiger partial charge < -0.3 is 14.8 Å². The number of carbonyl (C=O) groups excluding carboxylic acids is 3. The lowest BCUT2D eigenvalue weighted by Crippen LogP contribution is -2.34. The van der Waals surface area contributed by atoms with E-state index in [9.17, 15) is 14.4 Å². The molecule has 2 amide bonds. The van der Waals surface area contributed by atoms with Crippen LogP contribution < -0.4 is 20.2 Å². The summed E-state index contributed by atoms with van der Waals surface area (Å²) < 4.78 is 10.7. The molecule has 0 aromatic heterocycles. The van der Waals surface area contributed by atoms with Crippen molar-refractivity contribution in [1.29, 1.82) is 0 Å². The standard InChI is InChI=1S/C26H25N3O5/c1-3-33-22-13-9-20(10-14-22)25(31)27-17-24(30)29-28-16-19-7-11-23(12-8-19)34-26(32)21-6-4-5-18(2)15-21/h4-16H,3,17H2,1-2H3,(H,27,31)(H,29,30)/b28-16-. The summed E-state index contributed by atoms with van der Waals surface area (Å²) in [6, 6.07) is 20.4. The molecular formula is C26H25N3O5. The van der Waals surface area contributed by atoms with Gasteiger partial charge in [-0.25, -0.2) is 10.2 Å². The first-order valence-electron chi connectivity index (χ1n) is 10.7. The fraction of sp³-hybridized carbons (Fsp3) is 0.154. The van der Waals surface area contributed by atoms with Crippen molar-refractivity contribution in [1.82, 2.24) is 10.7 Å². The van der Waals surface area contributed by atoms with Gasteiger partial charge in [0.2, 0.25) is 0 Å². The zero-order chi connectivity index (χ0) is 24.3. The molecule has 8 heteroatoms. The Kier molecular flexibility index (Phi) is 8.51. The highest BCUT2D eigenvalue weighted by Crippen LogP contribution is 2.14. The van der Waals surface area contributed by atoms with Crippen molar-refractivity contribution in [3.8, 4) is 11.5 Å². The molecule has 0 atom stereocenters. The molecule has 0 aliphatic rings. The van der Waals surface area contributed by atoms with E-state index in [2.05, 4.69) is 15.8 Å². The Balaban J connectivity index is 1.43. The van der Waals surface area contributed by atoms with Crippen LogP contribution in [0, 0.1) is 6.92 Å². The predicted octanol–water partition coefficient (Wildman–Crippen LogP) is 3.49. The Morgan fingerprint density at radius 2 is 1.62 bits per heavy atom. The van der Waals surface area contributed by atoms with Crippen molar-refractivity contribution in [2.75, 3.05) is 13.2 Å². The fourth-order valence-electron chi connectivity index (χ4n) is 2.91. The lowest BCUT2D eigenvalue weighted by molar-refractivity contribution is -0.120. The van der Waals surface area contributed by atoms with Crippen LogP contribution in [0.5, 0.6) is 11.5 Å². The third kappa shape index (κ3) is 7.30. The van der Waals surface area contributed by atoms with E-state index in [0.717, 1.165) is 5.56 Å². The Labute approximate surface area is 197 Å². The van der Waals surface area contributed by atoms with Crippen molar-refractivity contribution in [3.05, 3.63) is 95.1 Å². The lowest BCUT2D eigenvalue weighted by Gasteiger charge is -2.06. The van der Waals surface area contributed by atoms with E-state index in [1.54, 1.807) is 66.7 Å². The van der Waals surface area contributed by atoms with E-state index in [1.807, 2.05) is 19.9 Å². The molecule has 0 bridgehead atoms. The van der Waals surface area contributed by atoms with Gasteiger partial charge >= 0.3 is 5.97 Å². The number of nitrogens with zero attached hydrogens (tertiary/aromatic N) is 1. The molecule has 174 valence electrons. The molecule has 3 aromatic carbocycles. The van der Waals surface area contributed by atoms with Crippen molar-refractivity contribution < 1.29 is 23.9 Å². The molecule has 2 N–H and O–H groups in total. The summed E-state index contributed by atoms with van der Waals surface area (Å²) in [6.45, 7) is 4.09. The van der Waals surface area contributed by atoms with Crippen LogP contribution in [0.15, 0.2) is 77.9 Å². The molecular weight excluding hydrogens is 434 g/mol. The zero-order valence-corrected chi connectivity index (χ0v) is 18.9. The van der Waals surface area contributed by atoms with E-state index in [4.69, 9.17) is 9.47 Å². The van der Waals surface area contributed by atoms with Crippen molar-refractivity contribution in [3.63, 3.8) is 0 Å². The van der Waals surface area contributed by atoms with Gasteiger partial charge in [0.05, 0.1) is 24.9 Å². The molecule has 3 aromatic rings. The fourth-order valence-corrected chi connectivity index (χ4v) is 2.91. The lowest BCUT2D eigenvalue weighted by atomic mass is 10.1. The summed E-state index contributed by atoms with van der Waals surface area (Å²) in [5, 5.41) is 6.40. The smallest absolute Gasteiger partial charge is 0.343 e. The minimum Gasteiger partial charge on any atom is -0.494 e. The topological polar surface area (TPSA) is 106 Å². The van der Waals surface area contributed by atoms with Crippen LogP contribution in [-0.2, 0) is 4.79 Å². The number of hydrazone groups is 1. The molecule has 8 nitrogen and oxygen atoms in total. The monoisotopic (exact) mass is 459 g/mol. The van der Waals surface area contributed by atoms with E-state index >= 15 is 0 Å². The molecule has 0 spiro atoms. The largest absolute Gasteiger partial charge is 0.494 e. The Morgan fingerprint density at radius 3 is 2.29 bits per heavy atom. The average molecular weight is 460 g/mol. The SMILES string of the molecule is CCOc1ccc(C(=O)NCC(=O)N/N=C\c2ccc(OC(=O)c3cccc(C)c3)cc2)cc1. The molecule has 0 fully saturated rings. The molecule has 0 radical (unpaired) electrons. The molecule has 0 aliphatic heterocycles. The van der Waals surface area contributed by atoms with Gasteiger partial charge in [0.25, 0.3) is 11.8 Å². The number of nitrogens with one attached hydrogen (secondary N) is 2. The maximum absolute atomic E-state index is 12.2. The van der Waals surface area contributed by atoms with Crippen LogP contribution in [0.1, 0.15) is 38.8 Å². The first-order valence-corrected chi connectivity index (χ1v) is 10.7. The first kappa shape index (κ1) is 24.2. The van der Waals surface area contributed by atoms with E-state index < -0.39 is 11.9 Å². The second-order valence-corrected chi connectivity index (χ2v) is 7.26. The summed E-state index contributed by atoms with van der Waals surface area (Å²) in [6.07, 6.45) is 1.44. The van der Waals surface area contributed by atoms with Crippen molar-refractivity contribution in [2.24, 2.45) is 5.10 Å². The van der Waals surface area contributed by atoms with Gasteiger partial charge in [-0.3, -0.25) is 9.59 Å². The number of esters is 1. The Hall–Kier alpha value is -4.46. The summed E-state index contributed by atoms with van der Waals surface area (Å²) in [5.41, 5.74) is 4.90. The normalized spacial score (nSPS) is 10.5. The van der Waals surface area contributed by atoms with Gasteiger partial charge in [0.15, 0.2) is 0 Å². The third-order valence-corrected chi connectivity index (χ3v) is 4.58. The number of ether oxygens (including phenoxy) is 2. The molecule has 0 unspecified atom stereocenters. The maximum atomic E-state index is 12.2. The van der Waals surface area contributed by atoms with Gasteiger partial charge in [-0.15, -0.1) is 0 Å². The quantitative estimate of drug-likeness (QED) is 0.221. The molecule has 0 saturated heterocycles. The number of hydrogen-bond donors (Lipinski definition) is 2. The van der Waals surface area contributed by atoms with Crippen LogP contribution in [0.4, 0.5) is 0 Å². The van der Waals surface area contributed by atoms with E-state index in [1.165, 1.54) is 6.21 Å². The number of rotatable bonds is 9. The van der Waals surface area contributed by atoms with E-state index in [0.29, 0.717) is 34.8 Å². The highest BCUT2D eigenvalue weighted by molar-refractivity contribution is 5.96. The number of aryl methyl sites for hydroxylation is 1. The summed E-state index contributed by atoms with van der Waals surface area (Å²) >= 11 is 0. The predicted molar refractivity (Wildman–Crippen MR) is 128 cm³/mol. The highest BCUT2D eigenvalue weighted by atomic mass is 16.5. The van der Waals surface area contributed by atoms with Gasteiger partial charge in [-0.1, -0.05) is 17.7 Å². The Morgan fingerprint density at radius 1 is 0.912 bits per heavy atom. The third-order valence-electron chi connectivity index (χ3n) is 4.58. The second-order valence-electron chi connectivity index (χ2n) is 7.26. The summed E-state index contributed by atoms with van der Waals surface area (Å²) in [7, 11) is 0. The van der Waals surface area contributed by atoms with Gasteiger partial charge in [-0.05, 0) is 80.1 Å². The van der Waals surface area contributed by atoms with Crippen LogP contribution in [0.3, 0.4) is 0 Å². The van der Waals surface area contributed by atoms with Crippen molar-refractivity contribution >= 4 is 24.0 Å². The second kappa shape index (κ2) is 12.0. The van der Waals surface area contributed by atoms with Crippen LogP contribution in [0.2, 0.25) is 0 Å². The van der Waals surface area contributed by atoms with Gasteiger partial charge in [0, 0.05) is 5.56 Å². The Bertz CT molecular complexity index is 1170. The van der Waals surface area contributed by atoms with Crippen LogP contribution in [-0.4, -0.2) is 37.1 Å². The number of amides is 2. The summed E-state index contributed by atoms with van der Waals surface area (Å²) in [4.78, 5) is 36.3. The molecule has 34 heavy (non-hydrogen) atoms.